The molecule has 0 aliphatic carbocycles. The Morgan fingerprint density at radius 3 is 2.80 bits per heavy atom. The van der Waals surface area contributed by atoms with Crippen molar-refractivity contribution in [2.24, 2.45) is 0 Å². The summed E-state index contributed by atoms with van der Waals surface area (Å²) in [7, 11) is 0. The minimum Gasteiger partial charge on any atom is -0.325 e. The highest BCUT2D eigenvalue weighted by molar-refractivity contribution is 7.99. The predicted molar refractivity (Wildman–Crippen MR) is 107 cm³/mol. The number of nitrogens with zero attached hydrogens (tertiary/aromatic N) is 1. The number of aromatic amines is 1. The standard InChI is InChI=1S/C17H20ClN3O2S2/c1-10(2)24-8-13-7-15(22)21-17(20-13)25-9-16(23)19-12-5-4-11(3)14(18)6-12/h4-7,10H,8-9H2,1-3H3,(H,19,23)(H,20,21,22). The van der Waals surface area contributed by atoms with E-state index in [4.69, 9.17) is 11.6 Å². The summed E-state index contributed by atoms with van der Waals surface area (Å²) in [5.74, 6) is 0.632. The van der Waals surface area contributed by atoms with Gasteiger partial charge in [0, 0.05) is 22.5 Å². The van der Waals surface area contributed by atoms with Crippen molar-refractivity contribution in [3.63, 3.8) is 0 Å². The van der Waals surface area contributed by atoms with Crippen molar-refractivity contribution in [3.05, 3.63) is 50.9 Å². The molecule has 2 aromatic rings. The molecule has 0 aliphatic rings. The smallest absolute Gasteiger partial charge is 0.251 e. The summed E-state index contributed by atoms with van der Waals surface area (Å²) < 4.78 is 0. The molecule has 0 saturated heterocycles. The number of nitrogens with one attached hydrogen (secondary N) is 2. The highest BCUT2D eigenvalue weighted by Gasteiger charge is 2.08. The van der Waals surface area contributed by atoms with Gasteiger partial charge >= 0.3 is 0 Å². The molecule has 2 N–H and O–H groups in total. The van der Waals surface area contributed by atoms with Gasteiger partial charge in [-0.1, -0.05) is 43.3 Å². The molecule has 8 heteroatoms. The third-order valence-corrected chi connectivity index (χ3v) is 5.54. The predicted octanol–water partition coefficient (Wildman–Crippen LogP) is 4.10. The van der Waals surface area contributed by atoms with Crippen LogP contribution >= 0.6 is 35.1 Å². The van der Waals surface area contributed by atoms with Crippen LogP contribution in [-0.4, -0.2) is 26.9 Å². The van der Waals surface area contributed by atoms with Gasteiger partial charge in [0.2, 0.25) is 5.91 Å². The van der Waals surface area contributed by atoms with Crippen LogP contribution in [-0.2, 0) is 10.5 Å². The molecule has 1 aromatic heterocycles. The van der Waals surface area contributed by atoms with E-state index in [1.165, 1.54) is 17.8 Å². The first-order valence-corrected chi connectivity index (χ1v) is 10.2. The molecule has 0 saturated carbocycles. The average Bonchev–Trinajstić information content (AvgIpc) is 2.54. The topological polar surface area (TPSA) is 74.8 Å². The second-order valence-corrected chi connectivity index (χ2v) is 8.64. The van der Waals surface area contributed by atoms with Crippen molar-refractivity contribution in [3.8, 4) is 0 Å². The van der Waals surface area contributed by atoms with Gasteiger partial charge in [0.15, 0.2) is 5.16 Å². The highest BCUT2D eigenvalue weighted by Crippen LogP contribution is 2.21. The van der Waals surface area contributed by atoms with Crippen LogP contribution in [0, 0.1) is 6.92 Å². The van der Waals surface area contributed by atoms with Crippen LogP contribution in [0.5, 0.6) is 0 Å². The largest absolute Gasteiger partial charge is 0.325 e. The number of benzene rings is 1. The Bertz CT molecular complexity index is 809. The van der Waals surface area contributed by atoms with E-state index in [9.17, 15) is 9.59 Å². The summed E-state index contributed by atoms with van der Waals surface area (Å²) in [5.41, 5.74) is 2.11. The molecule has 1 heterocycles. The van der Waals surface area contributed by atoms with Crippen molar-refractivity contribution in [1.82, 2.24) is 9.97 Å². The Kier molecular flexibility index (Phi) is 7.40. The van der Waals surface area contributed by atoms with Gasteiger partial charge in [-0.05, 0) is 29.9 Å². The number of hydrogen-bond donors (Lipinski definition) is 2. The number of aromatic nitrogens is 2. The van der Waals surface area contributed by atoms with Crippen LogP contribution in [0.3, 0.4) is 0 Å². The lowest BCUT2D eigenvalue weighted by Gasteiger charge is -2.08. The number of thioether (sulfide) groups is 2. The third-order valence-electron chi connectivity index (χ3n) is 3.13. The van der Waals surface area contributed by atoms with Gasteiger partial charge in [-0.15, -0.1) is 0 Å². The lowest BCUT2D eigenvalue weighted by atomic mass is 10.2. The van der Waals surface area contributed by atoms with E-state index in [1.807, 2.05) is 13.0 Å². The summed E-state index contributed by atoms with van der Waals surface area (Å²) in [4.78, 5) is 30.8. The van der Waals surface area contributed by atoms with Crippen LogP contribution in [0.15, 0.2) is 34.2 Å². The fourth-order valence-electron chi connectivity index (χ4n) is 1.88. The number of anilines is 1. The van der Waals surface area contributed by atoms with E-state index in [-0.39, 0.29) is 17.2 Å². The Morgan fingerprint density at radius 1 is 1.36 bits per heavy atom. The molecule has 0 atom stereocenters. The van der Waals surface area contributed by atoms with Gasteiger partial charge in [0.25, 0.3) is 5.56 Å². The Labute approximate surface area is 160 Å². The molecule has 0 unspecified atom stereocenters. The number of H-pyrrole nitrogens is 1. The van der Waals surface area contributed by atoms with Crippen LogP contribution < -0.4 is 10.9 Å². The molecule has 25 heavy (non-hydrogen) atoms. The quantitative estimate of drug-likeness (QED) is 0.543. The molecule has 0 bridgehead atoms. The number of rotatable bonds is 7. The van der Waals surface area contributed by atoms with Gasteiger partial charge in [0.05, 0.1) is 11.4 Å². The van der Waals surface area contributed by atoms with E-state index in [2.05, 4.69) is 29.1 Å². The van der Waals surface area contributed by atoms with Gasteiger partial charge < -0.3 is 10.3 Å². The van der Waals surface area contributed by atoms with Crippen molar-refractivity contribution >= 4 is 46.7 Å². The number of halogens is 1. The summed E-state index contributed by atoms with van der Waals surface area (Å²) in [6, 6.07) is 6.85. The van der Waals surface area contributed by atoms with Gasteiger partial charge in [0.1, 0.15) is 0 Å². The maximum Gasteiger partial charge on any atom is 0.251 e. The Morgan fingerprint density at radius 2 is 2.12 bits per heavy atom. The number of amides is 1. The van der Waals surface area contributed by atoms with Crippen molar-refractivity contribution in [1.29, 1.82) is 0 Å². The average molecular weight is 398 g/mol. The zero-order valence-corrected chi connectivity index (χ0v) is 16.6. The Balaban J connectivity index is 1.94. The second kappa shape index (κ2) is 9.31. The van der Waals surface area contributed by atoms with E-state index >= 15 is 0 Å². The number of aryl methyl sites for hydroxylation is 1. The van der Waals surface area contributed by atoms with Crippen LogP contribution in [0.25, 0.3) is 0 Å². The SMILES string of the molecule is Cc1ccc(NC(=O)CSc2nc(CSC(C)C)cc(=O)[nH]2)cc1Cl. The summed E-state index contributed by atoms with van der Waals surface area (Å²) in [5, 5.41) is 4.30. The van der Waals surface area contributed by atoms with Crippen LogP contribution in [0.4, 0.5) is 5.69 Å². The van der Waals surface area contributed by atoms with Gasteiger partial charge in [-0.2, -0.15) is 11.8 Å². The van der Waals surface area contributed by atoms with Crippen molar-refractivity contribution in [2.75, 3.05) is 11.1 Å². The molecule has 2 rings (SSSR count). The summed E-state index contributed by atoms with van der Waals surface area (Å²) in [6.45, 7) is 6.08. The minimum absolute atomic E-state index is 0.148. The number of carbonyl (C=O) groups excluding carboxylic acids is 1. The lowest BCUT2D eigenvalue weighted by Crippen LogP contribution is -2.16. The monoisotopic (exact) mass is 397 g/mol. The number of hydrogen-bond acceptors (Lipinski definition) is 5. The maximum atomic E-state index is 12.1. The summed E-state index contributed by atoms with van der Waals surface area (Å²) in [6.07, 6.45) is 0. The van der Waals surface area contributed by atoms with Gasteiger partial charge in [-0.3, -0.25) is 9.59 Å². The fraction of sp³-hybridized carbons (Fsp3) is 0.353. The normalized spacial score (nSPS) is 10.9. The minimum atomic E-state index is -0.206. The fourth-order valence-corrected chi connectivity index (χ4v) is 3.41. The summed E-state index contributed by atoms with van der Waals surface area (Å²) >= 11 is 8.96. The first-order valence-electron chi connectivity index (χ1n) is 7.74. The van der Waals surface area contributed by atoms with Crippen LogP contribution in [0.1, 0.15) is 25.1 Å². The van der Waals surface area contributed by atoms with E-state index in [0.717, 1.165) is 11.3 Å². The van der Waals surface area contributed by atoms with Crippen molar-refractivity contribution in [2.45, 2.75) is 36.9 Å². The molecule has 0 aliphatic heterocycles. The van der Waals surface area contributed by atoms with E-state index in [1.54, 1.807) is 23.9 Å². The highest BCUT2D eigenvalue weighted by atomic mass is 35.5. The van der Waals surface area contributed by atoms with Crippen LogP contribution in [0.2, 0.25) is 5.02 Å². The maximum absolute atomic E-state index is 12.1. The second-order valence-electron chi connectivity index (χ2n) is 5.70. The zero-order valence-electron chi connectivity index (χ0n) is 14.3. The third kappa shape index (κ3) is 6.76. The molecule has 5 nitrogen and oxygen atoms in total. The van der Waals surface area contributed by atoms with Crippen molar-refractivity contribution < 1.29 is 4.79 Å². The first kappa shape index (κ1) is 19.9. The Hall–Kier alpha value is -1.44. The molecule has 0 radical (unpaired) electrons. The first-order chi connectivity index (χ1) is 11.8. The molecule has 1 aromatic carbocycles. The molecule has 0 fully saturated rings. The van der Waals surface area contributed by atoms with E-state index in [0.29, 0.717) is 26.9 Å². The van der Waals surface area contributed by atoms with Gasteiger partial charge in [-0.25, -0.2) is 4.98 Å². The molecule has 134 valence electrons. The molecular formula is C17H20ClN3O2S2. The number of carbonyl (C=O) groups is 1. The van der Waals surface area contributed by atoms with E-state index < -0.39 is 0 Å². The zero-order chi connectivity index (χ0) is 18.4. The molecule has 0 spiro atoms. The lowest BCUT2D eigenvalue weighted by molar-refractivity contribution is -0.113. The molecule has 1 amide bonds. The molecular weight excluding hydrogens is 378 g/mol.